The van der Waals surface area contributed by atoms with E-state index >= 15 is 0 Å². The number of likely N-dealkylation sites (N-methyl/N-ethyl adjacent to an activating group) is 1. The fraction of sp³-hybridized carbons (Fsp3) is 0.538. The number of hydrogen-bond acceptors (Lipinski definition) is 6. The van der Waals surface area contributed by atoms with Gasteiger partial charge in [0.15, 0.2) is 0 Å². The number of aryl methyl sites for hydroxylation is 2. The van der Waals surface area contributed by atoms with E-state index in [1.807, 2.05) is 55.2 Å². The number of hydrogen-bond donors (Lipinski definition) is 3. The number of β-amino-alcohol motifs (C(OH)–C–C–N with tert-alkyl or cyclic N) is 1. The van der Waals surface area contributed by atoms with E-state index in [9.17, 15) is 15.0 Å². The van der Waals surface area contributed by atoms with Gasteiger partial charge < -0.3 is 26.7 Å². The van der Waals surface area contributed by atoms with E-state index in [4.69, 9.17) is 4.79 Å². The minimum Gasteiger partial charge on any atom is -0.545 e. The van der Waals surface area contributed by atoms with E-state index in [0.29, 0.717) is 19.4 Å². The van der Waals surface area contributed by atoms with Gasteiger partial charge >= 0.3 is 51.4 Å². The Hall–Kier alpha value is -0.914. The SMILES string of the molecule is CCn1nccc1-c1ccc2c(c1)CCCC2(CO)NC(=O)C1CC(O)CN1C.C[CH-]C.[CH-]=O.[K+]. The molecule has 1 aliphatic heterocycles. The molecular weight excluding hydrogens is 471 g/mol. The van der Waals surface area contributed by atoms with Crippen molar-refractivity contribution in [1.29, 1.82) is 0 Å². The summed E-state index contributed by atoms with van der Waals surface area (Å²) >= 11 is 0. The molecule has 2 heterocycles. The van der Waals surface area contributed by atoms with Crippen molar-refractivity contribution in [3.05, 3.63) is 48.0 Å². The van der Waals surface area contributed by atoms with Gasteiger partial charge in [-0.25, -0.2) is 0 Å². The summed E-state index contributed by atoms with van der Waals surface area (Å²) < 4.78 is 1.97. The summed E-state index contributed by atoms with van der Waals surface area (Å²) in [5, 5.41) is 27.7. The molecule has 8 nitrogen and oxygen atoms in total. The van der Waals surface area contributed by atoms with Crippen molar-refractivity contribution < 1.29 is 71.2 Å². The molecule has 2 aliphatic rings. The average molecular weight is 510 g/mol. The summed E-state index contributed by atoms with van der Waals surface area (Å²) in [6, 6.07) is 7.91. The number of nitrogens with zero attached hydrogens (tertiary/aromatic N) is 3. The maximum Gasteiger partial charge on any atom is 1.00 e. The summed E-state index contributed by atoms with van der Waals surface area (Å²) in [4.78, 5) is 22.6. The van der Waals surface area contributed by atoms with Gasteiger partial charge in [-0.1, -0.05) is 12.1 Å². The molecule has 3 unspecified atom stereocenters. The maximum atomic E-state index is 13.0. The van der Waals surface area contributed by atoms with E-state index in [1.165, 1.54) is 0 Å². The number of nitrogens with one attached hydrogen (secondary N) is 1. The van der Waals surface area contributed by atoms with Crippen LogP contribution in [0.15, 0.2) is 30.5 Å². The van der Waals surface area contributed by atoms with Gasteiger partial charge in [0.05, 0.1) is 30.0 Å². The molecule has 188 valence electrons. The van der Waals surface area contributed by atoms with Gasteiger partial charge in [-0.15, -0.1) is 0 Å². The van der Waals surface area contributed by atoms with Crippen LogP contribution in [0.3, 0.4) is 0 Å². The molecule has 0 saturated carbocycles. The van der Waals surface area contributed by atoms with Crippen molar-refractivity contribution in [2.45, 2.75) is 70.7 Å². The van der Waals surface area contributed by atoms with Gasteiger partial charge in [0, 0.05) is 24.8 Å². The Bertz CT molecular complexity index is 938. The van der Waals surface area contributed by atoms with Crippen molar-refractivity contribution in [3.8, 4) is 11.3 Å². The normalized spacial score (nSPS) is 23.0. The minimum atomic E-state index is -0.775. The van der Waals surface area contributed by atoms with Crippen LogP contribution in [-0.4, -0.2) is 69.9 Å². The summed E-state index contributed by atoms with van der Waals surface area (Å²) in [6.07, 6.45) is 6.27. The summed E-state index contributed by atoms with van der Waals surface area (Å²) in [7, 11) is 1.85. The molecule has 2 aromatic rings. The Kier molecular flexibility index (Phi) is 14.1. The molecule has 35 heavy (non-hydrogen) atoms. The van der Waals surface area contributed by atoms with Crippen LogP contribution in [0.4, 0.5) is 0 Å². The second-order valence-corrected chi connectivity index (χ2v) is 8.91. The zero-order valence-electron chi connectivity index (χ0n) is 21.7. The van der Waals surface area contributed by atoms with E-state index in [2.05, 4.69) is 36.3 Å². The number of aromatic nitrogens is 2. The predicted molar refractivity (Wildman–Crippen MR) is 133 cm³/mol. The maximum absolute atomic E-state index is 13.0. The smallest absolute Gasteiger partial charge is 0.545 e. The number of likely N-dealkylation sites (tertiary alicyclic amines) is 1. The molecule has 1 aromatic heterocycles. The molecule has 4 rings (SSSR count). The quantitative estimate of drug-likeness (QED) is 0.278. The van der Waals surface area contributed by atoms with Crippen LogP contribution in [0.1, 0.15) is 51.2 Å². The Balaban J connectivity index is 0.000000950. The molecule has 1 aliphatic carbocycles. The van der Waals surface area contributed by atoms with Gasteiger partial charge in [0.1, 0.15) is 0 Å². The number of aliphatic hydroxyl groups excluding tert-OH is 2. The van der Waals surface area contributed by atoms with Crippen LogP contribution in [0, 0.1) is 6.42 Å². The monoisotopic (exact) mass is 509 g/mol. The molecule has 1 amide bonds. The number of fused-ring (bicyclic) bond motifs is 1. The Morgan fingerprint density at radius 1 is 1.31 bits per heavy atom. The third kappa shape index (κ3) is 7.55. The number of aliphatic hydroxyl groups is 2. The van der Waals surface area contributed by atoms with Crippen LogP contribution in [0.25, 0.3) is 11.3 Å². The van der Waals surface area contributed by atoms with Gasteiger partial charge in [-0.3, -0.25) is 21.2 Å². The summed E-state index contributed by atoms with van der Waals surface area (Å²) in [5.74, 6) is -0.126. The molecule has 0 spiro atoms. The first kappa shape index (κ1) is 32.1. The largest absolute Gasteiger partial charge is 1.00 e. The Morgan fingerprint density at radius 3 is 2.57 bits per heavy atom. The van der Waals surface area contributed by atoms with Gasteiger partial charge in [0.25, 0.3) is 0 Å². The molecule has 1 aromatic carbocycles. The zero-order valence-corrected chi connectivity index (χ0v) is 24.8. The van der Waals surface area contributed by atoms with E-state index in [0.717, 1.165) is 41.8 Å². The number of benzene rings is 1. The Morgan fingerprint density at radius 2 is 2.00 bits per heavy atom. The number of carbonyl (C=O) groups is 1. The molecule has 9 heteroatoms. The van der Waals surface area contributed by atoms with Crippen LogP contribution in [0.5, 0.6) is 0 Å². The fourth-order valence-electron chi connectivity index (χ4n) is 4.90. The van der Waals surface area contributed by atoms with Gasteiger partial charge in [-0.2, -0.15) is 18.9 Å². The molecular formula is C26H38KN4O4-. The molecule has 0 radical (unpaired) electrons. The first-order valence-corrected chi connectivity index (χ1v) is 11.8. The fourth-order valence-corrected chi connectivity index (χ4v) is 4.90. The zero-order chi connectivity index (χ0) is 25.3. The van der Waals surface area contributed by atoms with E-state index < -0.39 is 11.6 Å². The first-order valence-electron chi connectivity index (χ1n) is 11.8. The van der Waals surface area contributed by atoms with E-state index in [-0.39, 0.29) is 69.9 Å². The number of amides is 1. The molecule has 3 atom stereocenters. The summed E-state index contributed by atoms with van der Waals surface area (Å²) in [6.45, 7) is 10.5. The Labute approximate surface area is 251 Å². The van der Waals surface area contributed by atoms with Crippen molar-refractivity contribution >= 4 is 12.7 Å². The van der Waals surface area contributed by atoms with Crippen LogP contribution in [-0.2, 0) is 28.1 Å². The molecule has 3 N–H and O–H groups in total. The third-order valence-electron chi connectivity index (χ3n) is 6.44. The second-order valence-electron chi connectivity index (χ2n) is 8.91. The van der Waals surface area contributed by atoms with Crippen LogP contribution < -0.4 is 56.7 Å². The summed E-state index contributed by atoms with van der Waals surface area (Å²) in [5.41, 5.74) is 3.55. The molecule has 1 fully saturated rings. The first-order chi connectivity index (χ1) is 16.4. The van der Waals surface area contributed by atoms with Crippen molar-refractivity contribution in [2.24, 2.45) is 0 Å². The minimum absolute atomic E-state index is 0. The number of rotatable bonds is 5. The van der Waals surface area contributed by atoms with Gasteiger partial charge in [0.2, 0.25) is 5.91 Å². The van der Waals surface area contributed by atoms with E-state index in [1.54, 1.807) is 0 Å². The average Bonchev–Trinajstić information content (AvgIpc) is 3.46. The topological polar surface area (TPSA) is 108 Å². The molecule has 1 saturated heterocycles. The van der Waals surface area contributed by atoms with Crippen LogP contribution in [0.2, 0.25) is 0 Å². The van der Waals surface area contributed by atoms with Gasteiger partial charge in [-0.05, 0) is 62.9 Å². The number of carbonyl (C=O) groups excluding carboxylic acids is 2. The van der Waals surface area contributed by atoms with Crippen molar-refractivity contribution in [3.63, 3.8) is 0 Å². The molecule has 0 bridgehead atoms. The standard InChI is InChI=1S/C22H30N4O3.C3H7.CHO.K/c1-3-26-19(8-10-23-26)16-6-7-18-15(11-16)5-4-9-22(18,14-27)24-21(29)20-12-17(28)13-25(20)2;1-3-2;1-2;/h6-8,10-11,17,20,27-28H,3-5,9,12-14H2,1-2H3,(H,24,29);3H,1-2H3;1H;/q;2*-1;+1. The van der Waals surface area contributed by atoms with Crippen molar-refractivity contribution in [2.75, 3.05) is 20.2 Å². The van der Waals surface area contributed by atoms with Crippen molar-refractivity contribution in [1.82, 2.24) is 20.0 Å². The van der Waals surface area contributed by atoms with Crippen LogP contribution >= 0.6 is 0 Å². The second kappa shape index (κ2) is 15.4. The predicted octanol–water partition coefficient (Wildman–Crippen LogP) is -0.765. The third-order valence-corrected chi connectivity index (χ3v) is 6.44.